The van der Waals surface area contributed by atoms with Gasteiger partial charge in [0.05, 0.1) is 13.7 Å². The number of rotatable bonds is 7. The number of hydrogen-bond acceptors (Lipinski definition) is 6. The zero-order valence-electron chi connectivity index (χ0n) is 16.9. The first-order chi connectivity index (χ1) is 14.4. The molecule has 30 heavy (non-hydrogen) atoms. The predicted molar refractivity (Wildman–Crippen MR) is 116 cm³/mol. The zero-order valence-corrected chi connectivity index (χ0v) is 17.7. The van der Waals surface area contributed by atoms with Crippen LogP contribution in [0.15, 0.2) is 48.5 Å². The molecule has 0 atom stereocenters. The molecule has 0 aliphatic heterocycles. The lowest BCUT2D eigenvalue weighted by atomic mass is 10.1. The molecule has 7 nitrogen and oxygen atoms in total. The van der Waals surface area contributed by atoms with Crippen LogP contribution in [0.3, 0.4) is 0 Å². The van der Waals surface area contributed by atoms with Gasteiger partial charge in [0, 0.05) is 23.5 Å². The maximum Gasteiger partial charge on any atom is 0.349 e. The molecule has 2 amide bonds. The molecule has 1 aromatic heterocycles. The molecule has 1 N–H and O–H groups in total. The van der Waals surface area contributed by atoms with Gasteiger partial charge in [0.15, 0.2) is 6.61 Å². The summed E-state index contributed by atoms with van der Waals surface area (Å²) in [4.78, 5) is 38.6. The van der Waals surface area contributed by atoms with E-state index in [1.165, 1.54) is 30.4 Å². The van der Waals surface area contributed by atoms with Crippen molar-refractivity contribution in [1.29, 1.82) is 0 Å². The molecule has 0 saturated carbocycles. The van der Waals surface area contributed by atoms with Gasteiger partial charge in [-0.2, -0.15) is 0 Å². The van der Waals surface area contributed by atoms with E-state index < -0.39 is 18.5 Å². The Morgan fingerprint density at radius 1 is 1.10 bits per heavy atom. The lowest BCUT2D eigenvalue weighted by Crippen LogP contribution is -2.37. The Kier molecular flexibility index (Phi) is 6.68. The topological polar surface area (TPSA) is 84.9 Å². The summed E-state index contributed by atoms with van der Waals surface area (Å²) in [5.41, 5.74) is 1.39. The molecule has 0 unspecified atom stereocenters. The van der Waals surface area contributed by atoms with Crippen LogP contribution in [0.5, 0.6) is 5.75 Å². The number of fused-ring (bicyclic) bond motifs is 1. The van der Waals surface area contributed by atoms with E-state index in [1.807, 2.05) is 31.2 Å². The normalized spacial score (nSPS) is 10.5. The molecule has 0 spiro atoms. The van der Waals surface area contributed by atoms with Gasteiger partial charge in [-0.25, -0.2) is 4.79 Å². The second-order valence-electron chi connectivity index (χ2n) is 6.66. The minimum absolute atomic E-state index is 0.171. The summed E-state index contributed by atoms with van der Waals surface area (Å²) < 4.78 is 11.3. The number of carbonyl (C=O) groups excluding carboxylic acids is 3. The van der Waals surface area contributed by atoms with Gasteiger partial charge in [-0.05, 0) is 36.1 Å². The number of nitrogens with zero attached hydrogens (tertiary/aromatic N) is 1. The third-order valence-electron chi connectivity index (χ3n) is 4.52. The monoisotopic (exact) mass is 426 g/mol. The van der Waals surface area contributed by atoms with Crippen molar-refractivity contribution >= 4 is 44.9 Å². The van der Waals surface area contributed by atoms with Gasteiger partial charge in [0.25, 0.3) is 5.91 Å². The van der Waals surface area contributed by atoms with Crippen molar-refractivity contribution in [2.75, 3.05) is 32.6 Å². The molecule has 3 aromatic rings. The molecule has 0 bridgehead atoms. The maximum atomic E-state index is 12.4. The molecule has 0 aliphatic carbocycles. The number of benzene rings is 2. The van der Waals surface area contributed by atoms with E-state index >= 15 is 0 Å². The van der Waals surface area contributed by atoms with Gasteiger partial charge < -0.3 is 19.7 Å². The summed E-state index contributed by atoms with van der Waals surface area (Å²) >= 11 is 1.33. The van der Waals surface area contributed by atoms with E-state index in [2.05, 4.69) is 5.32 Å². The van der Waals surface area contributed by atoms with Crippen molar-refractivity contribution < 1.29 is 23.9 Å². The van der Waals surface area contributed by atoms with Crippen molar-refractivity contribution in [3.8, 4) is 5.75 Å². The third-order valence-corrected chi connectivity index (χ3v) is 5.77. The second-order valence-corrected chi connectivity index (χ2v) is 7.71. The number of hydrogen-bond donors (Lipinski definition) is 1. The van der Waals surface area contributed by atoms with E-state index in [-0.39, 0.29) is 12.5 Å². The molecular formula is C22H22N2O5S. The Balaban J connectivity index is 1.52. The largest absolute Gasteiger partial charge is 0.497 e. The van der Waals surface area contributed by atoms with Crippen LogP contribution in [0.25, 0.3) is 10.1 Å². The number of esters is 1. The number of likely N-dealkylation sites (N-methyl/N-ethyl adjacent to an activating group) is 1. The SMILES string of the molecule is COc1cccc(NC(=O)CN(C)C(=O)COC(=O)c2sc3ccccc3c2C)c1. The van der Waals surface area contributed by atoms with Crippen molar-refractivity contribution in [1.82, 2.24) is 4.90 Å². The molecule has 156 valence electrons. The number of methoxy groups -OCH3 is 1. The van der Waals surface area contributed by atoms with Crippen molar-refractivity contribution in [2.45, 2.75) is 6.92 Å². The summed E-state index contributed by atoms with van der Waals surface area (Å²) in [6.07, 6.45) is 0. The van der Waals surface area contributed by atoms with Crippen LogP contribution in [0, 0.1) is 6.92 Å². The van der Waals surface area contributed by atoms with Crippen LogP contribution in [0.1, 0.15) is 15.2 Å². The van der Waals surface area contributed by atoms with Crippen LogP contribution >= 0.6 is 11.3 Å². The number of thiophene rings is 1. The van der Waals surface area contributed by atoms with E-state index in [9.17, 15) is 14.4 Å². The molecule has 2 aromatic carbocycles. The smallest absolute Gasteiger partial charge is 0.349 e. The van der Waals surface area contributed by atoms with Crippen LogP contribution in [-0.2, 0) is 14.3 Å². The second kappa shape index (κ2) is 9.41. The van der Waals surface area contributed by atoms with Crippen molar-refractivity contribution in [2.24, 2.45) is 0 Å². The number of anilines is 1. The van der Waals surface area contributed by atoms with E-state index in [0.29, 0.717) is 16.3 Å². The van der Waals surface area contributed by atoms with Crippen LogP contribution < -0.4 is 10.1 Å². The average Bonchev–Trinajstić information content (AvgIpc) is 3.08. The van der Waals surface area contributed by atoms with Crippen LogP contribution in [-0.4, -0.2) is 50.0 Å². The first kappa shape index (κ1) is 21.3. The Hall–Kier alpha value is -3.39. The van der Waals surface area contributed by atoms with Crippen LogP contribution in [0.2, 0.25) is 0 Å². The maximum absolute atomic E-state index is 12.4. The number of carbonyl (C=O) groups is 3. The fourth-order valence-electron chi connectivity index (χ4n) is 2.88. The fourth-order valence-corrected chi connectivity index (χ4v) is 3.98. The Morgan fingerprint density at radius 3 is 2.60 bits per heavy atom. The molecular weight excluding hydrogens is 404 g/mol. The van der Waals surface area contributed by atoms with E-state index in [1.54, 1.807) is 24.3 Å². The zero-order chi connectivity index (χ0) is 21.7. The minimum Gasteiger partial charge on any atom is -0.497 e. The molecule has 3 rings (SSSR count). The van der Waals surface area contributed by atoms with E-state index in [4.69, 9.17) is 9.47 Å². The lowest BCUT2D eigenvalue weighted by Gasteiger charge is -2.17. The van der Waals surface area contributed by atoms with Gasteiger partial charge in [0.2, 0.25) is 5.91 Å². The predicted octanol–water partition coefficient (Wildman–Crippen LogP) is 3.47. The van der Waals surface area contributed by atoms with Gasteiger partial charge in [-0.15, -0.1) is 11.3 Å². The summed E-state index contributed by atoms with van der Waals surface area (Å²) in [5.74, 6) is -0.773. The van der Waals surface area contributed by atoms with Crippen molar-refractivity contribution in [3.63, 3.8) is 0 Å². The summed E-state index contributed by atoms with van der Waals surface area (Å²) in [7, 11) is 3.01. The highest BCUT2D eigenvalue weighted by atomic mass is 32.1. The van der Waals surface area contributed by atoms with Gasteiger partial charge in [0.1, 0.15) is 10.6 Å². The molecule has 8 heteroatoms. The number of amides is 2. The highest BCUT2D eigenvalue weighted by molar-refractivity contribution is 7.21. The van der Waals surface area contributed by atoms with Crippen molar-refractivity contribution in [3.05, 3.63) is 59.0 Å². The molecule has 0 saturated heterocycles. The molecule has 0 radical (unpaired) electrons. The first-order valence-corrected chi connectivity index (χ1v) is 10.0. The highest BCUT2D eigenvalue weighted by Gasteiger charge is 2.20. The minimum atomic E-state index is -0.545. The lowest BCUT2D eigenvalue weighted by molar-refractivity contribution is -0.136. The quantitative estimate of drug-likeness (QED) is 0.585. The third kappa shape index (κ3) is 4.96. The molecule has 0 fully saturated rings. The Labute approximate surface area is 178 Å². The number of nitrogens with one attached hydrogen (secondary N) is 1. The standard InChI is InChI=1S/C22H22N2O5S/c1-14-17-9-4-5-10-18(17)30-21(14)22(27)29-13-20(26)24(2)12-19(25)23-15-7-6-8-16(11-15)28-3/h4-11H,12-13H2,1-3H3,(H,23,25). The number of ether oxygens (including phenoxy) is 2. The average molecular weight is 426 g/mol. The number of aryl methyl sites for hydroxylation is 1. The van der Waals surface area contributed by atoms with Gasteiger partial charge in [-0.3, -0.25) is 9.59 Å². The highest BCUT2D eigenvalue weighted by Crippen LogP contribution is 2.30. The Bertz CT molecular complexity index is 1090. The Morgan fingerprint density at radius 2 is 1.87 bits per heavy atom. The first-order valence-electron chi connectivity index (χ1n) is 9.22. The fraction of sp³-hybridized carbons (Fsp3) is 0.227. The van der Waals surface area contributed by atoms with Gasteiger partial charge >= 0.3 is 5.97 Å². The van der Waals surface area contributed by atoms with Gasteiger partial charge in [-0.1, -0.05) is 24.3 Å². The summed E-state index contributed by atoms with van der Waals surface area (Å²) in [5, 5.41) is 3.69. The van der Waals surface area contributed by atoms with Crippen LogP contribution in [0.4, 0.5) is 5.69 Å². The van der Waals surface area contributed by atoms with E-state index in [0.717, 1.165) is 15.6 Å². The molecule has 1 heterocycles. The molecule has 0 aliphatic rings. The summed E-state index contributed by atoms with van der Waals surface area (Å²) in [6, 6.07) is 14.6. The summed E-state index contributed by atoms with van der Waals surface area (Å²) in [6.45, 7) is 1.25.